The van der Waals surface area contributed by atoms with E-state index in [1.165, 1.54) is 24.3 Å². The van der Waals surface area contributed by atoms with Crippen LogP contribution in [-0.4, -0.2) is 21.0 Å². The standard InChI is InChI=1S/C18H13F4NO3S/c19-17(20)18(21,22)26-16-8-4-3-7-15(16)23-27(24,25)14-10-9-12-5-1-2-6-13(12)11-14/h1-11,17,23H. The minimum atomic E-state index is -4.76. The van der Waals surface area contributed by atoms with Gasteiger partial charge in [-0.1, -0.05) is 42.5 Å². The molecule has 0 spiro atoms. The van der Waals surface area contributed by atoms with Gasteiger partial charge < -0.3 is 4.74 Å². The Bertz CT molecular complexity index is 1070. The van der Waals surface area contributed by atoms with Crippen molar-refractivity contribution >= 4 is 26.5 Å². The summed E-state index contributed by atoms with van der Waals surface area (Å²) in [6.45, 7) is 0. The van der Waals surface area contributed by atoms with Crippen LogP contribution >= 0.6 is 0 Å². The lowest BCUT2D eigenvalue weighted by Gasteiger charge is -2.19. The zero-order valence-electron chi connectivity index (χ0n) is 13.6. The van der Waals surface area contributed by atoms with Crippen LogP contribution in [0.5, 0.6) is 5.75 Å². The van der Waals surface area contributed by atoms with Crippen LogP contribution in [-0.2, 0) is 10.0 Å². The van der Waals surface area contributed by atoms with Crippen LogP contribution in [0.2, 0.25) is 0 Å². The molecule has 0 amide bonds. The minimum Gasteiger partial charge on any atom is -0.426 e. The lowest BCUT2D eigenvalue weighted by Crippen LogP contribution is -2.33. The average molecular weight is 399 g/mol. The van der Waals surface area contributed by atoms with Crippen molar-refractivity contribution in [1.29, 1.82) is 0 Å². The zero-order valence-corrected chi connectivity index (χ0v) is 14.4. The van der Waals surface area contributed by atoms with Gasteiger partial charge in [0, 0.05) is 0 Å². The highest BCUT2D eigenvalue weighted by Gasteiger charge is 2.44. The predicted octanol–water partition coefficient (Wildman–Crippen LogP) is 4.88. The Kier molecular flexibility index (Phi) is 4.97. The summed E-state index contributed by atoms with van der Waals surface area (Å²) in [5.74, 6) is -0.716. The van der Waals surface area contributed by atoms with Gasteiger partial charge in [-0.25, -0.2) is 8.42 Å². The molecule has 4 nitrogen and oxygen atoms in total. The summed E-state index contributed by atoms with van der Waals surface area (Å²) in [5.41, 5.74) is -0.383. The Labute approximate surface area is 152 Å². The summed E-state index contributed by atoms with van der Waals surface area (Å²) in [7, 11) is -4.17. The molecule has 0 unspecified atom stereocenters. The maximum Gasteiger partial charge on any atom is 0.461 e. The third-order valence-corrected chi connectivity index (χ3v) is 5.03. The molecule has 0 bridgehead atoms. The number of benzene rings is 3. The normalized spacial score (nSPS) is 12.3. The summed E-state index contributed by atoms with van der Waals surface area (Å²) in [6.07, 6.45) is -8.83. The fourth-order valence-corrected chi connectivity index (χ4v) is 3.47. The van der Waals surface area contributed by atoms with Crippen LogP contribution in [0.15, 0.2) is 71.6 Å². The van der Waals surface area contributed by atoms with Crippen molar-refractivity contribution in [2.24, 2.45) is 0 Å². The van der Waals surface area contributed by atoms with Crippen LogP contribution < -0.4 is 9.46 Å². The second-order valence-corrected chi connectivity index (χ2v) is 7.26. The third-order valence-electron chi connectivity index (χ3n) is 3.66. The van der Waals surface area contributed by atoms with E-state index in [1.807, 2.05) is 0 Å². The number of hydrogen-bond acceptors (Lipinski definition) is 3. The van der Waals surface area contributed by atoms with Gasteiger partial charge in [0.15, 0.2) is 5.75 Å². The van der Waals surface area contributed by atoms with Crippen molar-refractivity contribution in [3.63, 3.8) is 0 Å². The van der Waals surface area contributed by atoms with Crippen LogP contribution in [0.4, 0.5) is 23.2 Å². The topological polar surface area (TPSA) is 55.4 Å². The molecule has 27 heavy (non-hydrogen) atoms. The number of halogens is 4. The van der Waals surface area contributed by atoms with E-state index in [0.29, 0.717) is 5.39 Å². The smallest absolute Gasteiger partial charge is 0.426 e. The number of sulfonamides is 1. The molecule has 3 aromatic carbocycles. The molecule has 0 aliphatic rings. The van der Waals surface area contributed by atoms with E-state index < -0.39 is 28.3 Å². The molecule has 0 saturated heterocycles. The summed E-state index contributed by atoms with van der Waals surface area (Å²) in [6, 6.07) is 16.1. The number of nitrogens with one attached hydrogen (secondary N) is 1. The SMILES string of the molecule is O=S(=O)(Nc1ccccc1OC(F)(F)C(F)F)c1ccc2ccccc2c1. The summed E-state index contributed by atoms with van der Waals surface area (Å²) in [5, 5.41) is 1.48. The van der Waals surface area contributed by atoms with E-state index in [2.05, 4.69) is 9.46 Å². The summed E-state index contributed by atoms with van der Waals surface area (Å²) < 4.78 is 82.4. The van der Waals surface area contributed by atoms with Crippen molar-refractivity contribution in [1.82, 2.24) is 0 Å². The summed E-state index contributed by atoms with van der Waals surface area (Å²) >= 11 is 0. The molecule has 0 aromatic heterocycles. The molecule has 142 valence electrons. The Morgan fingerprint density at radius 1 is 0.889 bits per heavy atom. The van der Waals surface area contributed by atoms with Gasteiger partial charge in [0.1, 0.15) is 0 Å². The molecule has 0 radical (unpaired) electrons. The highest BCUT2D eigenvalue weighted by Crippen LogP contribution is 2.33. The average Bonchev–Trinajstić information content (AvgIpc) is 2.62. The van der Waals surface area contributed by atoms with Gasteiger partial charge in [-0.15, -0.1) is 0 Å². The predicted molar refractivity (Wildman–Crippen MR) is 92.8 cm³/mol. The van der Waals surface area contributed by atoms with E-state index in [0.717, 1.165) is 17.5 Å². The second-order valence-electron chi connectivity index (χ2n) is 5.58. The molecule has 0 aliphatic carbocycles. The zero-order chi connectivity index (χ0) is 19.7. The Hall–Kier alpha value is -2.81. The van der Waals surface area contributed by atoms with E-state index in [-0.39, 0.29) is 10.6 Å². The number of ether oxygens (including phenoxy) is 1. The molecule has 0 fully saturated rings. The Balaban J connectivity index is 1.94. The monoisotopic (exact) mass is 399 g/mol. The maximum atomic E-state index is 13.2. The van der Waals surface area contributed by atoms with Gasteiger partial charge in [-0.2, -0.15) is 17.6 Å². The molecule has 3 rings (SSSR count). The van der Waals surface area contributed by atoms with Gasteiger partial charge in [-0.05, 0) is 35.0 Å². The fraction of sp³-hybridized carbons (Fsp3) is 0.111. The van der Waals surface area contributed by atoms with Crippen LogP contribution in [0, 0.1) is 0 Å². The first-order valence-corrected chi connectivity index (χ1v) is 9.13. The first-order chi connectivity index (χ1) is 12.7. The Morgan fingerprint density at radius 3 is 2.22 bits per heavy atom. The molecule has 3 aromatic rings. The molecule has 0 aliphatic heterocycles. The van der Waals surface area contributed by atoms with Crippen molar-refractivity contribution in [2.45, 2.75) is 17.4 Å². The quantitative estimate of drug-likeness (QED) is 0.602. The van der Waals surface area contributed by atoms with Crippen LogP contribution in [0.1, 0.15) is 0 Å². The second kappa shape index (κ2) is 7.07. The minimum absolute atomic E-state index is 0.114. The van der Waals surface area contributed by atoms with E-state index in [1.54, 1.807) is 30.3 Å². The highest BCUT2D eigenvalue weighted by atomic mass is 32.2. The molecule has 1 N–H and O–H groups in total. The lowest BCUT2D eigenvalue weighted by molar-refractivity contribution is -0.252. The summed E-state index contributed by atoms with van der Waals surface area (Å²) in [4.78, 5) is -0.114. The number of para-hydroxylation sites is 2. The molecule has 0 heterocycles. The van der Waals surface area contributed by atoms with Gasteiger partial charge in [0.2, 0.25) is 0 Å². The number of anilines is 1. The first-order valence-electron chi connectivity index (χ1n) is 7.65. The van der Waals surface area contributed by atoms with Crippen molar-refractivity contribution in [2.75, 3.05) is 4.72 Å². The highest BCUT2D eigenvalue weighted by molar-refractivity contribution is 7.92. The number of rotatable bonds is 6. The molecular formula is C18H13F4NO3S. The fourth-order valence-electron chi connectivity index (χ4n) is 2.37. The number of fused-ring (bicyclic) bond motifs is 1. The van der Waals surface area contributed by atoms with Crippen molar-refractivity contribution in [3.05, 3.63) is 66.7 Å². The lowest BCUT2D eigenvalue weighted by atomic mass is 10.1. The molecular weight excluding hydrogens is 386 g/mol. The van der Waals surface area contributed by atoms with E-state index >= 15 is 0 Å². The van der Waals surface area contributed by atoms with Crippen molar-refractivity contribution < 1.29 is 30.7 Å². The van der Waals surface area contributed by atoms with Gasteiger partial charge in [-0.3, -0.25) is 4.72 Å². The van der Waals surface area contributed by atoms with Gasteiger partial charge >= 0.3 is 12.5 Å². The van der Waals surface area contributed by atoms with Crippen LogP contribution in [0.3, 0.4) is 0 Å². The van der Waals surface area contributed by atoms with E-state index in [4.69, 9.17) is 0 Å². The largest absolute Gasteiger partial charge is 0.461 e. The molecule has 9 heteroatoms. The van der Waals surface area contributed by atoms with Gasteiger partial charge in [0.05, 0.1) is 10.6 Å². The number of hydrogen-bond donors (Lipinski definition) is 1. The first kappa shape index (κ1) is 19.0. The molecule has 0 atom stereocenters. The van der Waals surface area contributed by atoms with Gasteiger partial charge in [0.25, 0.3) is 10.0 Å². The third kappa shape index (κ3) is 4.13. The maximum absolute atomic E-state index is 13.2. The number of alkyl halides is 4. The van der Waals surface area contributed by atoms with Crippen LogP contribution in [0.25, 0.3) is 10.8 Å². The van der Waals surface area contributed by atoms with E-state index in [9.17, 15) is 26.0 Å². The molecule has 0 saturated carbocycles. The Morgan fingerprint density at radius 2 is 1.52 bits per heavy atom. The van der Waals surface area contributed by atoms with Crippen molar-refractivity contribution in [3.8, 4) is 5.75 Å².